The Bertz CT molecular complexity index is 294. The predicted molar refractivity (Wildman–Crippen MR) is 67.6 cm³/mol. The van der Waals surface area contributed by atoms with Gasteiger partial charge in [-0.2, -0.15) is 0 Å². The van der Waals surface area contributed by atoms with E-state index in [1.807, 2.05) is 9.80 Å². The number of ether oxygens (including phenoxy) is 1. The molecule has 0 saturated carbocycles. The number of nitrogens with one attached hydrogen (secondary N) is 1. The quantitative estimate of drug-likeness (QED) is 0.654. The standard InChI is InChI=1S/C12H22N4O2/c17-12(16-5-7-18-8-6-16)15-3-1-14(2-4-15)11-9-13-10-11/h11,13H,1-10H2. The van der Waals surface area contributed by atoms with Crippen LogP contribution in [0.25, 0.3) is 0 Å². The van der Waals surface area contributed by atoms with E-state index >= 15 is 0 Å². The highest BCUT2D eigenvalue weighted by Crippen LogP contribution is 2.12. The number of piperazine rings is 1. The summed E-state index contributed by atoms with van der Waals surface area (Å²) < 4.78 is 5.28. The van der Waals surface area contributed by atoms with Gasteiger partial charge in [0.1, 0.15) is 0 Å². The van der Waals surface area contributed by atoms with Crippen molar-refractivity contribution in [2.45, 2.75) is 6.04 Å². The minimum Gasteiger partial charge on any atom is -0.378 e. The third-order valence-electron chi connectivity index (χ3n) is 4.14. The van der Waals surface area contributed by atoms with Crippen LogP contribution in [0.3, 0.4) is 0 Å². The number of urea groups is 1. The van der Waals surface area contributed by atoms with Crippen molar-refractivity contribution in [1.82, 2.24) is 20.0 Å². The van der Waals surface area contributed by atoms with Gasteiger partial charge in [-0.15, -0.1) is 0 Å². The Morgan fingerprint density at radius 1 is 0.944 bits per heavy atom. The Kier molecular flexibility index (Phi) is 3.67. The zero-order valence-corrected chi connectivity index (χ0v) is 10.8. The highest BCUT2D eigenvalue weighted by atomic mass is 16.5. The van der Waals surface area contributed by atoms with Gasteiger partial charge < -0.3 is 19.9 Å². The van der Waals surface area contributed by atoms with Gasteiger partial charge in [-0.1, -0.05) is 0 Å². The molecule has 0 aromatic rings. The van der Waals surface area contributed by atoms with Gasteiger partial charge >= 0.3 is 6.03 Å². The Labute approximate surface area is 108 Å². The summed E-state index contributed by atoms with van der Waals surface area (Å²) in [5.74, 6) is 0. The first-order chi connectivity index (χ1) is 8.84. The Morgan fingerprint density at radius 3 is 2.11 bits per heavy atom. The predicted octanol–water partition coefficient (Wildman–Crippen LogP) is -0.972. The van der Waals surface area contributed by atoms with Crippen molar-refractivity contribution in [3.05, 3.63) is 0 Å². The Balaban J connectivity index is 1.47. The first-order valence-electron chi connectivity index (χ1n) is 6.91. The van der Waals surface area contributed by atoms with Crippen molar-refractivity contribution in [3.63, 3.8) is 0 Å². The number of carbonyl (C=O) groups excluding carboxylic acids is 1. The first-order valence-corrected chi connectivity index (χ1v) is 6.91. The molecule has 0 spiro atoms. The SMILES string of the molecule is O=C(N1CCOCC1)N1CCN(C2CNC2)CC1. The highest BCUT2D eigenvalue weighted by molar-refractivity contribution is 5.74. The lowest BCUT2D eigenvalue weighted by Gasteiger charge is -2.44. The molecule has 0 radical (unpaired) electrons. The van der Waals surface area contributed by atoms with Gasteiger partial charge in [0.05, 0.1) is 13.2 Å². The van der Waals surface area contributed by atoms with E-state index in [2.05, 4.69) is 10.2 Å². The van der Waals surface area contributed by atoms with Crippen molar-refractivity contribution in [2.75, 3.05) is 65.6 Å². The van der Waals surface area contributed by atoms with Crippen LogP contribution in [0.5, 0.6) is 0 Å². The summed E-state index contributed by atoms with van der Waals surface area (Å²) in [5.41, 5.74) is 0. The molecule has 0 unspecified atom stereocenters. The lowest BCUT2D eigenvalue weighted by molar-refractivity contribution is 0.0317. The van der Waals surface area contributed by atoms with Gasteiger partial charge in [-0.3, -0.25) is 4.90 Å². The monoisotopic (exact) mass is 254 g/mol. The molecule has 102 valence electrons. The van der Waals surface area contributed by atoms with Crippen LogP contribution < -0.4 is 5.32 Å². The normalized spacial score (nSPS) is 27.1. The molecule has 6 nitrogen and oxygen atoms in total. The number of hydrogen-bond donors (Lipinski definition) is 1. The van der Waals surface area contributed by atoms with E-state index in [4.69, 9.17) is 4.74 Å². The molecule has 3 aliphatic heterocycles. The van der Waals surface area contributed by atoms with E-state index in [0.717, 1.165) is 52.4 Å². The van der Waals surface area contributed by atoms with E-state index in [9.17, 15) is 4.79 Å². The maximum Gasteiger partial charge on any atom is 0.320 e. The Hall–Kier alpha value is -0.850. The fraction of sp³-hybridized carbons (Fsp3) is 0.917. The molecule has 6 heteroatoms. The summed E-state index contributed by atoms with van der Waals surface area (Å²) in [6.45, 7) is 8.83. The molecule has 3 rings (SSSR count). The zero-order valence-electron chi connectivity index (χ0n) is 10.8. The summed E-state index contributed by atoms with van der Waals surface area (Å²) in [6, 6.07) is 0.898. The molecule has 3 heterocycles. The minimum atomic E-state index is 0.199. The van der Waals surface area contributed by atoms with Gasteiger partial charge in [0.15, 0.2) is 0 Å². The maximum atomic E-state index is 12.3. The molecular weight excluding hydrogens is 232 g/mol. The molecule has 3 fully saturated rings. The number of carbonyl (C=O) groups is 1. The lowest BCUT2D eigenvalue weighted by atomic mass is 10.1. The van der Waals surface area contributed by atoms with Gasteiger partial charge in [0.2, 0.25) is 0 Å². The molecule has 1 N–H and O–H groups in total. The van der Waals surface area contributed by atoms with E-state index in [1.54, 1.807) is 0 Å². The molecule has 0 aromatic carbocycles. The topological polar surface area (TPSA) is 48.1 Å². The third-order valence-corrected chi connectivity index (χ3v) is 4.14. The van der Waals surface area contributed by atoms with E-state index in [0.29, 0.717) is 19.3 Å². The van der Waals surface area contributed by atoms with E-state index in [-0.39, 0.29) is 6.03 Å². The summed E-state index contributed by atoms with van der Waals surface area (Å²) in [7, 11) is 0. The molecule has 0 aromatic heterocycles. The second-order valence-electron chi connectivity index (χ2n) is 5.22. The summed E-state index contributed by atoms with van der Waals surface area (Å²) in [6.07, 6.45) is 0. The number of morpholine rings is 1. The fourth-order valence-corrected chi connectivity index (χ4v) is 2.76. The van der Waals surface area contributed by atoms with Crippen LogP contribution in [0.2, 0.25) is 0 Å². The number of amides is 2. The number of hydrogen-bond acceptors (Lipinski definition) is 4. The van der Waals surface area contributed by atoms with Gasteiger partial charge in [-0.05, 0) is 0 Å². The smallest absolute Gasteiger partial charge is 0.320 e. The largest absolute Gasteiger partial charge is 0.378 e. The molecule has 3 saturated heterocycles. The third kappa shape index (κ3) is 2.46. The van der Waals surface area contributed by atoms with Crippen molar-refractivity contribution in [1.29, 1.82) is 0 Å². The highest BCUT2D eigenvalue weighted by Gasteiger charge is 2.30. The van der Waals surface area contributed by atoms with Gasteiger partial charge in [0, 0.05) is 58.4 Å². The van der Waals surface area contributed by atoms with Crippen LogP contribution in [-0.2, 0) is 4.74 Å². The summed E-state index contributed by atoms with van der Waals surface area (Å²) in [5, 5.41) is 3.30. The molecule has 0 aliphatic carbocycles. The average Bonchev–Trinajstić information content (AvgIpc) is 2.38. The molecule has 3 aliphatic rings. The lowest BCUT2D eigenvalue weighted by Crippen LogP contribution is -2.63. The van der Waals surface area contributed by atoms with Crippen molar-refractivity contribution >= 4 is 6.03 Å². The van der Waals surface area contributed by atoms with Crippen LogP contribution >= 0.6 is 0 Å². The summed E-state index contributed by atoms with van der Waals surface area (Å²) in [4.78, 5) is 18.7. The zero-order chi connectivity index (χ0) is 12.4. The van der Waals surface area contributed by atoms with Crippen molar-refractivity contribution in [3.8, 4) is 0 Å². The summed E-state index contributed by atoms with van der Waals surface area (Å²) >= 11 is 0. The number of nitrogens with zero attached hydrogens (tertiary/aromatic N) is 3. The fourth-order valence-electron chi connectivity index (χ4n) is 2.76. The average molecular weight is 254 g/mol. The van der Waals surface area contributed by atoms with Crippen molar-refractivity contribution in [2.24, 2.45) is 0 Å². The molecule has 0 atom stereocenters. The Morgan fingerprint density at radius 2 is 1.56 bits per heavy atom. The van der Waals surface area contributed by atoms with Crippen LogP contribution in [-0.4, -0.2) is 92.3 Å². The van der Waals surface area contributed by atoms with Crippen LogP contribution in [0, 0.1) is 0 Å². The molecule has 0 bridgehead atoms. The van der Waals surface area contributed by atoms with Crippen LogP contribution in [0.4, 0.5) is 4.79 Å². The van der Waals surface area contributed by atoms with Crippen LogP contribution in [0.1, 0.15) is 0 Å². The van der Waals surface area contributed by atoms with E-state index < -0.39 is 0 Å². The minimum absolute atomic E-state index is 0.199. The van der Waals surface area contributed by atoms with E-state index in [1.165, 1.54) is 0 Å². The van der Waals surface area contributed by atoms with Crippen LogP contribution in [0.15, 0.2) is 0 Å². The first kappa shape index (κ1) is 12.2. The van der Waals surface area contributed by atoms with Crippen molar-refractivity contribution < 1.29 is 9.53 Å². The van der Waals surface area contributed by atoms with Gasteiger partial charge in [0.25, 0.3) is 0 Å². The second kappa shape index (κ2) is 5.42. The maximum absolute atomic E-state index is 12.3. The second-order valence-corrected chi connectivity index (χ2v) is 5.22. The van der Waals surface area contributed by atoms with Gasteiger partial charge in [-0.25, -0.2) is 4.79 Å². The molecule has 18 heavy (non-hydrogen) atoms. The molecule has 2 amide bonds. The molecular formula is C12H22N4O2. The number of rotatable bonds is 1.